The van der Waals surface area contributed by atoms with Crippen LogP contribution >= 0.6 is 0 Å². The second-order valence-electron chi connectivity index (χ2n) is 4.29. The molecule has 0 aromatic carbocycles. The topological polar surface area (TPSA) is 68.3 Å². The maximum Gasteiger partial charge on any atom is 0.274 e. The quantitative estimate of drug-likeness (QED) is 0.832. The largest absolute Gasteiger partial charge is 0.467 e. The van der Waals surface area contributed by atoms with E-state index in [1.54, 1.807) is 19.4 Å². The van der Waals surface area contributed by atoms with Gasteiger partial charge >= 0.3 is 0 Å². The third-order valence-electron chi connectivity index (χ3n) is 3.04. The molecule has 2 aromatic heterocycles. The Balaban J connectivity index is 2.23. The fourth-order valence-electron chi connectivity index (χ4n) is 1.69. The number of carbonyl (C=O) groups excluding carboxylic acids is 1. The number of hydrogen-bond acceptors (Lipinski definition) is 4. The molecule has 2 aromatic rings. The van der Waals surface area contributed by atoms with Gasteiger partial charge in [-0.15, -0.1) is 0 Å². The van der Waals surface area contributed by atoms with E-state index in [2.05, 4.69) is 5.10 Å². The van der Waals surface area contributed by atoms with Crippen LogP contribution < -0.4 is 5.56 Å². The number of furan rings is 1. The Morgan fingerprint density at radius 3 is 2.74 bits per heavy atom. The van der Waals surface area contributed by atoms with Crippen LogP contribution in [-0.4, -0.2) is 27.6 Å². The Morgan fingerprint density at radius 2 is 2.16 bits per heavy atom. The first kappa shape index (κ1) is 13.1. The van der Waals surface area contributed by atoms with Crippen LogP contribution in [0.4, 0.5) is 0 Å². The Kier molecular flexibility index (Phi) is 3.50. The lowest BCUT2D eigenvalue weighted by molar-refractivity contribution is 0.0717. The predicted octanol–water partition coefficient (Wildman–Crippen LogP) is 1.21. The molecule has 100 valence electrons. The minimum absolute atomic E-state index is 0.207. The van der Waals surface area contributed by atoms with Crippen molar-refractivity contribution in [2.45, 2.75) is 13.0 Å². The molecule has 0 bridgehead atoms. The summed E-state index contributed by atoms with van der Waals surface area (Å²) in [4.78, 5) is 25.0. The Morgan fingerprint density at radius 1 is 1.42 bits per heavy atom. The Hall–Kier alpha value is -2.37. The third-order valence-corrected chi connectivity index (χ3v) is 3.04. The van der Waals surface area contributed by atoms with E-state index in [4.69, 9.17) is 4.42 Å². The lowest BCUT2D eigenvalue weighted by atomic mass is 10.2. The number of aromatic nitrogens is 2. The van der Waals surface area contributed by atoms with Gasteiger partial charge in [-0.05, 0) is 25.1 Å². The summed E-state index contributed by atoms with van der Waals surface area (Å²) in [6, 6.07) is 6.13. The molecular weight excluding hydrogens is 246 g/mol. The summed E-state index contributed by atoms with van der Waals surface area (Å²) in [6.07, 6.45) is 1.56. The Labute approximate surface area is 110 Å². The average molecular weight is 261 g/mol. The highest BCUT2D eigenvalue weighted by molar-refractivity contribution is 5.92. The van der Waals surface area contributed by atoms with Gasteiger partial charge in [-0.3, -0.25) is 9.59 Å². The molecule has 19 heavy (non-hydrogen) atoms. The first-order valence-corrected chi connectivity index (χ1v) is 5.85. The fourth-order valence-corrected chi connectivity index (χ4v) is 1.69. The molecule has 0 radical (unpaired) electrons. The van der Waals surface area contributed by atoms with Gasteiger partial charge in [0.25, 0.3) is 11.5 Å². The summed E-state index contributed by atoms with van der Waals surface area (Å²) in [5.41, 5.74) is -0.0266. The molecule has 1 unspecified atom stereocenters. The van der Waals surface area contributed by atoms with Gasteiger partial charge in [0.1, 0.15) is 11.5 Å². The summed E-state index contributed by atoms with van der Waals surface area (Å²) in [5.74, 6) is 0.431. The summed E-state index contributed by atoms with van der Waals surface area (Å²) >= 11 is 0. The van der Waals surface area contributed by atoms with Crippen molar-refractivity contribution in [2.24, 2.45) is 7.05 Å². The summed E-state index contributed by atoms with van der Waals surface area (Å²) in [5, 5.41) is 3.94. The first-order valence-electron chi connectivity index (χ1n) is 5.85. The number of aryl methyl sites for hydroxylation is 1. The van der Waals surface area contributed by atoms with Crippen LogP contribution in [0.3, 0.4) is 0 Å². The van der Waals surface area contributed by atoms with Crippen LogP contribution in [0.5, 0.6) is 0 Å². The first-order chi connectivity index (χ1) is 9.00. The molecule has 0 fully saturated rings. The van der Waals surface area contributed by atoms with Crippen LogP contribution in [-0.2, 0) is 7.05 Å². The van der Waals surface area contributed by atoms with Crippen LogP contribution in [0.15, 0.2) is 39.7 Å². The molecule has 2 heterocycles. The minimum atomic E-state index is -0.264. The lowest BCUT2D eigenvalue weighted by Gasteiger charge is -2.22. The molecule has 0 aliphatic carbocycles. The minimum Gasteiger partial charge on any atom is -0.467 e. The number of carbonyl (C=O) groups is 1. The molecule has 1 atom stereocenters. The molecule has 0 N–H and O–H groups in total. The highest BCUT2D eigenvalue weighted by Crippen LogP contribution is 2.20. The van der Waals surface area contributed by atoms with Gasteiger partial charge in [-0.2, -0.15) is 5.10 Å². The van der Waals surface area contributed by atoms with Gasteiger partial charge in [0, 0.05) is 20.2 Å². The van der Waals surface area contributed by atoms with E-state index in [1.807, 2.05) is 13.0 Å². The third kappa shape index (κ3) is 2.57. The SMILES string of the molecule is CC(c1ccco1)N(C)C(=O)c1ccc(=O)n(C)n1. The molecule has 6 nitrogen and oxygen atoms in total. The number of amides is 1. The summed E-state index contributed by atoms with van der Waals surface area (Å²) in [7, 11) is 3.18. The molecule has 0 saturated heterocycles. The molecule has 1 amide bonds. The van der Waals surface area contributed by atoms with Crippen LogP contribution in [0, 0.1) is 0 Å². The van der Waals surface area contributed by atoms with E-state index in [0.29, 0.717) is 5.76 Å². The average Bonchev–Trinajstić information content (AvgIpc) is 2.93. The maximum atomic E-state index is 12.3. The molecular formula is C13H15N3O3. The molecule has 0 saturated carbocycles. The highest BCUT2D eigenvalue weighted by Gasteiger charge is 2.22. The van der Waals surface area contributed by atoms with E-state index in [9.17, 15) is 9.59 Å². The normalized spacial score (nSPS) is 12.2. The van der Waals surface area contributed by atoms with E-state index < -0.39 is 0 Å². The van der Waals surface area contributed by atoms with Gasteiger partial charge < -0.3 is 9.32 Å². The van der Waals surface area contributed by atoms with Crippen molar-refractivity contribution in [1.82, 2.24) is 14.7 Å². The van der Waals surface area contributed by atoms with Crippen molar-refractivity contribution >= 4 is 5.91 Å². The number of rotatable bonds is 3. The zero-order valence-corrected chi connectivity index (χ0v) is 11.0. The lowest BCUT2D eigenvalue weighted by Crippen LogP contribution is -2.32. The zero-order valence-electron chi connectivity index (χ0n) is 11.0. The summed E-state index contributed by atoms with van der Waals surface area (Å²) in [6.45, 7) is 1.86. The van der Waals surface area contributed by atoms with Crippen molar-refractivity contribution in [2.75, 3.05) is 7.05 Å². The predicted molar refractivity (Wildman–Crippen MR) is 68.7 cm³/mol. The maximum absolute atomic E-state index is 12.3. The molecule has 0 aliphatic heterocycles. The second kappa shape index (κ2) is 5.09. The van der Waals surface area contributed by atoms with Gasteiger partial charge in [-0.25, -0.2) is 4.68 Å². The monoisotopic (exact) mass is 261 g/mol. The fraction of sp³-hybridized carbons (Fsp3) is 0.308. The van der Waals surface area contributed by atoms with Crippen molar-refractivity contribution in [3.63, 3.8) is 0 Å². The number of hydrogen-bond donors (Lipinski definition) is 0. The van der Waals surface area contributed by atoms with Gasteiger partial charge in [0.05, 0.1) is 12.3 Å². The van der Waals surface area contributed by atoms with Gasteiger partial charge in [0.2, 0.25) is 0 Å². The molecule has 6 heteroatoms. The standard InChI is InChI=1S/C13H15N3O3/c1-9(11-5-4-8-19-11)15(2)13(18)10-6-7-12(17)16(3)14-10/h4-9H,1-3H3. The van der Waals surface area contributed by atoms with Gasteiger partial charge in [-0.1, -0.05) is 0 Å². The van der Waals surface area contributed by atoms with Crippen LogP contribution in [0.25, 0.3) is 0 Å². The van der Waals surface area contributed by atoms with E-state index in [-0.39, 0.29) is 23.2 Å². The van der Waals surface area contributed by atoms with Crippen molar-refractivity contribution < 1.29 is 9.21 Å². The second-order valence-corrected chi connectivity index (χ2v) is 4.29. The van der Waals surface area contributed by atoms with Crippen molar-refractivity contribution in [3.8, 4) is 0 Å². The molecule has 2 rings (SSSR count). The molecule has 0 aliphatic rings. The number of nitrogens with zero attached hydrogens (tertiary/aromatic N) is 3. The van der Waals surface area contributed by atoms with Crippen molar-refractivity contribution in [3.05, 3.63) is 52.3 Å². The van der Waals surface area contributed by atoms with Crippen LogP contribution in [0.1, 0.15) is 29.2 Å². The van der Waals surface area contributed by atoms with Crippen LogP contribution in [0.2, 0.25) is 0 Å². The highest BCUT2D eigenvalue weighted by atomic mass is 16.3. The van der Waals surface area contributed by atoms with E-state index >= 15 is 0 Å². The van der Waals surface area contributed by atoms with Crippen molar-refractivity contribution in [1.29, 1.82) is 0 Å². The molecule has 0 spiro atoms. The van der Waals surface area contributed by atoms with E-state index in [0.717, 1.165) is 4.68 Å². The smallest absolute Gasteiger partial charge is 0.274 e. The summed E-state index contributed by atoms with van der Waals surface area (Å²) < 4.78 is 6.41. The Bertz CT molecular complexity index is 631. The van der Waals surface area contributed by atoms with E-state index in [1.165, 1.54) is 24.1 Å². The van der Waals surface area contributed by atoms with Gasteiger partial charge in [0.15, 0.2) is 0 Å². The zero-order chi connectivity index (χ0) is 14.0.